The molecule has 7 heteroatoms. The second-order valence-electron chi connectivity index (χ2n) is 5.25. The van der Waals surface area contributed by atoms with Crippen LogP contribution in [0.5, 0.6) is 0 Å². The highest BCUT2D eigenvalue weighted by Crippen LogP contribution is 2.13. The lowest BCUT2D eigenvalue weighted by atomic mass is 10.1. The van der Waals surface area contributed by atoms with Crippen LogP contribution in [0.4, 0.5) is 0 Å². The Morgan fingerprint density at radius 1 is 1.00 bits per heavy atom. The predicted octanol–water partition coefficient (Wildman–Crippen LogP) is 2.30. The first-order valence-electron chi connectivity index (χ1n) is 7.60. The molecule has 0 aliphatic rings. The number of carbonyl (C=O) groups excluding carboxylic acids is 3. The van der Waals surface area contributed by atoms with Crippen LogP contribution in [0, 0.1) is 0 Å². The average molecular weight is 342 g/mol. The highest BCUT2D eigenvalue weighted by molar-refractivity contribution is 5.67. The van der Waals surface area contributed by atoms with E-state index in [0.717, 1.165) is 5.57 Å². The molecule has 0 aromatic heterocycles. The molecule has 0 N–H and O–H groups in total. The van der Waals surface area contributed by atoms with Gasteiger partial charge in [-0.1, -0.05) is 12.7 Å². The van der Waals surface area contributed by atoms with Gasteiger partial charge in [0.2, 0.25) is 0 Å². The van der Waals surface area contributed by atoms with Crippen LogP contribution in [0.2, 0.25) is 0 Å². The van der Waals surface area contributed by atoms with E-state index in [1.165, 1.54) is 20.8 Å². The second kappa shape index (κ2) is 12.3. The molecule has 0 aliphatic heterocycles. The summed E-state index contributed by atoms with van der Waals surface area (Å²) in [5, 5.41) is 0. The van der Waals surface area contributed by atoms with Gasteiger partial charge in [-0.05, 0) is 12.5 Å². The Hall–Kier alpha value is -2.15. The van der Waals surface area contributed by atoms with Crippen molar-refractivity contribution >= 4 is 17.9 Å². The van der Waals surface area contributed by atoms with Gasteiger partial charge in [-0.3, -0.25) is 14.4 Å². The summed E-state index contributed by atoms with van der Waals surface area (Å²) < 4.78 is 20.4. The fourth-order valence-corrected chi connectivity index (χ4v) is 1.68. The van der Waals surface area contributed by atoms with Crippen LogP contribution in [-0.2, 0) is 33.3 Å². The Morgan fingerprint density at radius 2 is 1.62 bits per heavy atom. The van der Waals surface area contributed by atoms with Gasteiger partial charge in [0, 0.05) is 33.6 Å². The zero-order valence-corrected chi connectivity index (χ0v) is 14.8. The molecule has 0 saturated heterocycles. The van der Waals surface area contributed by atoms with E-state index in [0.29, 0.717) is 12.8 Å². The minimum Gasteiger partial charge on any atom is -0.466 e. The molecule has 1 unspecified atom stereocenters. The van der Waals surface area contributed by atoms with Gasteiger partial charge < -0.3 is 18.9 Å². The second-order valence-corrected chi connectivity index (χ2v) is 5.25. The summed E-state index contributed by atoms with van der Waals surface area (Å²) in [7, 11) is 0. The van der Waals surface area contributed by atoms with Crippen molar-refractivity contribution in [3.63, 3.8) is 0 Å². The molecule has 0 radical (unpaired) electrons. The van der Waals surface area contributed by atoms with Gasteiger partial charge in [-0.15, -0.1) is 0 Å². The van der Waals surface area contributed by atoms with Crippen molar-refractivity contribution in [3.8, 4) is 0 Å². The quantitative estimate of drug-likeness (QED) is 0.246. The van der Waals surface area contributed by atoms with Gasteiger partial charge in [0.15, 0.2) is 0 Å². The number of ether oxygens (including phenoxy) is 4. The van der Waals surface area contributed by atoms with Crippen LogP contribution in [0.3, 0.4) is 0 Å². The van der Waals surface area contributed by atoms with E-state index in [2.05, 4.69) is 6.58 Å². The minimum atomic E-state index is -0.448. The topological polar surface area (TPSA) is 88.1 Å². The lowest BCUT2D eigenvalue weighted by Crippen LogP contribution is -2.19. The molecule has 136 valence electrons. The van der Waals surface area contributed by atoms with E-state index in [1.54, 1.807) is 6.08 Å². The summed E-state index contributed by atoms with van der Waals surface area (Å²) in [6.07, 6.45) is 2.21. The maximum absolute atomic E-state index is 10.9. The SMILES string of the molecule is C=C(CC(CCOC(C)=O)OC/C=C(\C)COC(C)=O)OC(C)=O. The zero-order chi connectivity index (χ0) is 18.5. The van der Waals surface area contributed by atoms with E-state index in [-0.39, 0.29) is 43.6 Å². The van der Waals surface area contributed by atoms with Crippen LogP contribution < -0.4 is 0 Å². The molecule has 0 rings (SSSR count). The first-order chi connectivity index (χ1) is 11.2. The molecule has 24 heavy (non-hydrogen) atoms. The molecule has 0 aromatic carbocycles. The van der Waals surface area contributed by atoms with Gasteiger partial charge in [0.25, 0.3) is 0 Å². The number of carbonyl (C=O) groups is 3. The first-order valence-corrected chi connectivity index (χ1v) is 7.60. The average Bonchev–Trinajstić information content (AvgIpc) is 2.43. The lowest BCUT2D eigenvalue weighted by Gasteiger charge is -2.18. The van der Waals surface area contributed by atoms with Gasteiger partial charge in [0.1, 0.15) is 12.4 Å². The summed E-state index contributed by atoms with van der Waals surface area (Å²) in [5.74, 6) is -0.878. The molecule has 0 aromatic rings. The fourth-order valence-electron chi connectivity index (χ4n) is 1.68. The maximum Gasteiger partial charge on any atom is 0.307 e. The highest BCUT2D eigenvalue weighted by atomic mass is 16.5. The lowest BCUT2D eigenvalue weighted by molar-refractivity contribution is -0.142. The highest BCUT2D eigenvalue weighted by Gasteiger charge is 2.13. The Balaban J connectivity index is 4.43. The summed E-state index contributed by atoms with van der Waals surface area (Å²) >= 11 is 0. The van der Waals surface area contributed by atoms with Crippen LogP contribution in [0.15, 0.2) is 24.0 Å². The Labute approximate surface area is 142 Å². The van der Waals surface area contributed by atoms with Crippen LogP contribution in [0.25, 0.3) is 0 Å². The Morgan fingerprint density at radius 3 is 2.17 bits per heavy atom. The third-order valence-electron chi connectivity index (χ3n) is 2.76. The molecule has 0 heterocycles. The minimum absolute atomic E-state index is 0.198. The molecular formula is C17H26O7. The molecular weight excluding hydrogens is 316 g/mol. The monoisotopic (exact) mass is 342 g/mol. The van der Waals surface area contributed by atoms with Crippen molar-refractivity contribution < 1.29 is 33.3 Å². The van der Waals surface area contributed by atoms with Crippen molar-refractivity contribution in [1.82, 2.24) is 0 Å². The standard InChI is InChI=1S/C17H26O7/c1-12(11-23-15(4)19)6-8-22-17(7-9-21-14(3)18)10-13(2)24-16(5)20/h6,17H,2,7-11H2,1,3-5H3/b12-6+. The summed E-state index contributed by atoms with van der Waals surface area (Å²) in [6.45, 7) is 10.1. The Kier molecular flexibility index (Phi) is 11.2. The summed E-state index contributed by atoms with van der Waals surface area (Å²) in [6, 6.07) is 0. The largest absolute Gasteiger partial charge is 0.466 e. The van der Waals surface area contributed by atoms with E-state index >= 15 is 0 Å². The number of rotatable bonds is 11. The van der Waals surface area contributed by atoms with Crippen molar-refractivity contribution in [2.24, 2.45) is 0 Å². The Bertz CT molecular complexity index is 479. The molecule has 0 spiro atoms. The molecule has 1 atom stereocenters. The van der Waals surface area contributed by atoms with E-state index in [9.17, 15) is 14.4 Å². The van der Waals surface area contributed by atoms with Crippen molar-refractivity contribution in [2.45, 2.75) is 46.6 Å². The van der Waals surface area contributed by atoms with Gasteiger partial charge >= 0.3 is 17.9 Å². The molecule has 0 saturated carbocycles. The van der Waals surface area contributed by atoms with E-state index in [4.69, 9.17) is 18.9 Å². The zero-order valence-electron chi connectivity index (χ0n) is 14.8. The molecule has 0 aliphatic carbocycles. The van der Waals surface area contributed by atoms with Crippen molar-refractivity contribution in [3.05, 3.63) is 24.0 Å². The third-order valence-corrected chi connectivity index (χ3v) is 2.76. The fraction of sp³-hybridized carbons (Fsp3) is 0.588. The van der Waals surface area contributed by atoms with E-state index in [1.807, 2.05) is 6.92 Å². The summed E-state index contributed by atoms with van der Waals surface area (Å²) in [5.41, 5.74) is 0.850. The molecule has 0 fully saturated rings. The molecule has 0 amide bonds. The van der Waals surface area contributed by atoms with Crippen molar-refractivity contribution in [2.75, 3.05) is 19.8 Å². The van der Waals surface area contributed by atoms with Gasteiger partial charge in [-0.25, -0.2) is 0 Å². The maximum atomic E-state index is 10.9. The normalized spacial score (nSPS) is 12.2. The first kappa shape index (κ1) is 21.9. The van der Waals surface area contributed by atoms with Gasteiger partial charge in [-0.2, -0.15) is 0 Å². The smallest absolute Gasteiger partial charge is 0.307 e. The number of hydrogen-bond donors (Lipinski definition) is 0. The van der Waals surface area contributed by atoms with E-state index < -0.39 is 5.97 Å². The van der Waals surface area contributed by atoms with Crippen LogP contribution >= 0.6 is 0 Å². The van der Waals surface area contributed by atoms with Crippen molar-refractivity contribution in [1.29, 1.82) is 0 Å². The summed E-state index contributed by atoms with van der Waals surface area (Å²) in [4.78, 5) is 32.5. The molecule has 7 nitrogen and oxygen atoms in total. The number of esters is 3. The molecule has 0 bridgehead atoms. The predicted molar refractivity (Wildman–Crippen MR) is 86.9 cm³/mol. The number of hydrogen-bond acceptors (Lipinski definition) is 7. The van der Waals surface area contributed by atoms with Gasteiger partial charge in [0.05, 0.1) is 19.3 Å². The van der Waals surface area contributed by atoms with Crippen LogP contribution in [-0.4, -0.2) is 43.8 Å². The third kappa shape index (κ3) is 13.5. The van der Waals surface area contributed by atoms with Crippen LogP contribution in [0.1, 0.15) is 40.5 Å².